The SMILES string of the molecule is CC(NC(=O)c1cc(N)cn1C(C)C)c1cccc(Br)c1. The Morgan fingerprint density at radius 2 is 2.00 bits per heavy atom. The van der Waals surface area contributed by atoms with Gasteiger partial charge in [-0.1, -0.05) is 28.1 Å². The first-order chi connectivity index (χ1) is 9.88. The second-order valence-electron chi connectivity index (χ2n) is 5.41. The van der Waals surface area contributed by atoms with Gasteiger partial charge in [0.05, 0.1) is 11.7 Å². The molecule has 0 fully saturated rings. The topological polar surface area (TPSA) is 60.1 Å². The van der Waals surface area contributed by atoms with Crippen molar-refractivity contribution in [2.24, 2.45) is 0 Å². The number of hydrogen-bond donors (Lipinski definition) is 2. The van der Waals surface area contributed by atoms with Gasteiger partial charge in [-0.3, -0.25) is 4.79 Å². The van der Waals surface area contributed by atoms with Crippen LogP contribution >= 0.6 is 15.9 Å². The van der Waals surface area contributed by atoms with Crippen LogP contribution in [0.25, 0.3) is 0 Å². The van der Waals surface area contributed by atoms with E-state index < -0.39 is 0 Å². The van der Waals surface area contributed by atoms with Crippen molar-refractivity contribution in [3.63, 3.8) is 0 Å². The maximum absolute atomic E-state index is 12.5. The average molecular weight is 350 g/mol. The smallest absolute Gasteiger partial charge is 0.268 e. The molecule has 2 aromatic rings. The van der Waals surface area contributed by atoms with E-state index in [-0.39, 0.29) is 18.0 Å². The summed E-state index contributed by atoms with van der Waals surface area (Å²) in [5.41, 5.74) is 8.05. The standard InChI is InChI=1S/C16H20BrN3O/c1-10(2)20-9-14(18)8-15(20)16(21)19-11(3)12-5-4-6-13(17)7-12/h4-11H,18H2,1-3H3,(H,19,21). The summed E-state index contributed by atoms with van der Waals surface area (Å²) in [4.78, 5) is 12.5. The summed E-state index contributed by atoms with van der Waals surface area (Å²) in [6.45, 7) is 6.01. The van der Waals surface area contributed by atoms with Crippen LogP contribution in [-0.4, -0.2) is 10.5 Å². The van der Waals surface area contributed by atoms with Gasteiger partial charge in [0.2, 0.25) is 0 Å². The number of nitrogens with one attached hydrogen (secondary N) is 1. The molecule has 1 unspecified atom stereocenters. The van der Waals surface area contributed by atoms with E-state index in [2.05, 4.69) is 21.2 Å². The minimum atomic E-state index is -0.118. The van der Waals surface area contributed by atoms with E-state index in [9.17, 15) is 4.79 Å². The molecule has 3 N–H and O–H groups in total. The first-order valence-corrected chi connectivity index (χ1v) is 7.71. The molecule has 1 aromatic heterocycles. The van der Waals surface area contributed by atoms with Crippen LogP contribution in [0.5, 0.6) is 0 Å². The molecule has 1 aromatic carbocycles. The molecule has 0 saturated heterocycles. The Labute approximate surface area is 133 Å². The van der Waals surface area contributed by atoms with E-state index in [0.29, 0.717) is 11.4 Å². The second kappa shape index (κ2) is 6.35. The van der Waals surface area contributed by atoms with Crippen molar-refractivity contribution in [2.45, 2.75) is 32.9 Å². The number of hydrogen-bond acceptors (Lipinski definition) is 2. The normalized spacial score (nSPS) is 12.4. The molecule has 21 heavy (non-hydrogen) atoms. The summed E-state index contributed by atoms with van der Waals surface area (Å²) in [7, 11) is 0. The van der Waals surface area contributed by atoms with Crippen LogP contribution in [0.4, 0.5) is 5.69 Å². The molecule has 112 valence electrons. The van der Waals surface area contributed by atoms with Crippen molar-refractivity contribution in [1.29, 1.82) is 0 Å². The zero-order chi connectivity index (χ0) is 15.6. The lowest BCUT2D eigenvalue weighted by Crippen LogP contribution is -2.28. The Kier molecular flexibility index (Phi) is 4.73. The summed E-state index contributed by atoms with van der Waals surface area (Å²) in [5.74, 6) is -0.118. The van der Waals surface area contributed by atoms with Gasteiger partial charge in [0.15, 0.2) is 0 Å². The lowest BCUT2D eigenvalue weighted by molar-refractivity contribution is 0.0929. The molecule has 1 atom stereocenters. The molecule has 0 aliphatic rings. The van der Waals surface area contributed by atoms with Crippen molar-refractivity contribution >= 4 is 27.5 Å². The summed E-state index contributed by atoms with van der Waals surface area (Å²) >= 11 is 3.44. The van der Waals surface area contributed by atoms with E-state index in [4.69, 9.17) is 5.73 Å². The highest BCUT2D eigenvalue weighted by atomic mass is 79.9. The third kappa shape index (κ3) is 3.67. The van der Waals surface area contributed by atoms with Crippen LogP contribution in [0.3, 0.4) is 0 Å². The first-order valence-electron chi connectivity index (χ1n) is 6.92. The number of carbonyl (C=O) groups excluding carboxylic acids is 1. The van der Waals surface area contributed by atoms with Gasteiger partial charge in [-0.25, -0.2) is 0 Å². The highest BCUT2D eigenvalue weighted by Gasteiger charge is 2.17. The number of rotatable bonds is 4. The molecular weight excluding hydrogens is 330 g/mol. The Hall–Kier alpha value is -1.75. The number of nitrogen functional groups attached to an aromatic ring is 1. The van der Waals surface area contributed by atoms with Gasteiger partial charge in [0, 0.05) is 16.7 Å². The predicted octanol–water partition coefficient (Wildman–Crippen LogP) is 3.90. The number of carbonyl (C=O) groups is 1. The summed E-state index contributed by atoms with van der Waals surface area (Å²) in [5, 5.41) is 3.01. The lowest BCUT2D eigenvalue weighted by atomic mass is 10.1. The van der Waals surface area contributed by atoms with Crippen LogP contribution in [0, 0.1) is 0 Å². The number of benzene rings is 1. The van der Waals surface area contributed by atoms with Crippen LogP contribution in [0.1, 0.15) is 48.9 Å². The van der Waals surface area contributed by atoms with Gasteiger partial charge in [-0.15, -0.1) is 0 Å². The zero-order valence-electron chi connectivity index (χ0n) is 12.4. The van der Waals surface area contributed by atoms with Crippen molar-refractivity contribution in [1.82, 2.24) is 9.88 Å². The average Bonchev–Trinajstić information content (AvgIpc) is 2.81. The number of nitrogens with two attached hydrogens (primary N) is 1. The molecule has 5 heteroatoms. The maximum atomic E-state index is 12.5. The van der Waals surface area contributed by atoms with Crippen LogP contribution in [0.2, 0.25) is 0 Å². The third-order valence-corrected chi connectivity index (χ3v) is 3.85. The van der Waals surface area contributed by atoms with Crippen molar-refractivity contribution in [2.75, 3.05) is 5.73 Å². The minimum Gasteiger partial charge on any atom is -0.397 e. The fraction of sp³-hybridized carbons (Fsp3) is 0.312. The van der Waals surface area contributed by atoms with E-state index >= 15 is 0 Å². The van der Waals surface area contributed by atoms with Gasteiger partial charge < -0.3 is 15.6 Å². The second-order valence-corrected chi connectivity index (χ2v) is 6.33. The third-order valence-electron chi connectivity index (χ3n) is 3.35. The number of nitrogens with zero attached hydrogens (tertiary/aromatic N) is 1. The molecule has 0 radical (unpaired) electrons. The number of anilines is 1. The molecular formula is C16H20BrN3O. The predicted molar refractivity (Wildman–Crippen MR) is 89.3 cm³/mol. The quantitative estimate of drug-likeness (QED) is 0.878. The maximum Gasteiger partial charge on any atom is 0.268 e. The molecule has 0 aliphatic carbocycles. The summed E-state index contributed by atoms with van der Waals surface area (Å²) in [6, 6.07) is 9.73. The van der Waals surface area contributed by atoms with Gasteiger partial charge >= 0.3 is 0 Å². The molecule has 4 nitrogen and oxygen atoms in total. The highest BCUT2D eigenvalue weighted by molar-refractivity contribution is 9.10. The molecule has 1 amide bonds. The fourth-order valence-electron chi connectivity index (χ4n) is 2.24. The van der Waals surface area contributed by atoms with Crippen LogP contribution < -0.4 is 11.1 Å². The number of halogens is 1. The largest absolute Gasteiger partial charge is 0.397 e. The van der Waals surface area contributed by atoms with E-state index in [0.717, 1.165) is 10.0 Å². The van der Waals surface area contributed by atoms with Gasteiger partial charge in [-0.2, -0.15) is 0 Å². The van der Waals surface area contributed by atoms with E-state index in [1.165, 1.54) is 0 Å². The Balaban J connectivity index is 2.18. The van der Waals surface area contributed by atoms with Gasteiger partial charge in [0.25, 0.3) is 5.91 Å². The highest BCUT2D eigenvalue weighted by Crippen LogP contribution is 2.20. The van der Waals surface area contributed by atoms with Crippen molar-refractivity contribution in [3.05, 3.63) is 52.3 Å². The number of aromatic nitrogens is 1. The fourth-order valence-corrected chi connectivity index (χ4v) is 2.66. The van der Waals surface area contributed by atoms with E-state index in [1.807, 2.05) is 49.6 Å². The van der Waals surface area contributed by atoms with E-state index in [1.54, 1.807) is 12.3 Å². The molecule has 0 spiro atoms. The molecule has 0 saturated carbocycles. The molecule has 0 bridgehead atoms. The van der Waals surface area contributed by atoms with Gasteiger partial charge in [-0.05, 0) is 44.5 Å². The molecule has 2 rings (SSSR count). The summed E-state index contributed by atoms with van der Waals surface area (Å²) < 4.78 is 2.88. The Morgan fingerprint density at radius 3 is 2.62 bits per heavy atom. The Morgan fingerprint density at radius 1 is 1.29 bits per heavy atom. The minimum absolute atomic E-state index is 0.0771. The van der Waals surface area contributed by atoms with Crippen molar-refractivity contribution in [3.8, 4) is 0 Å². The van der Waals surface area contributed by atoms with Crippen molar-refractivity contribution < 1.29 is 4.79 Å². The lowest BCUT2D eigenvalue weighted by Gasteiger charge is -2.17. The molecule has 1 heterocycles. The van der Waals surface area contributed by atoms with Crippen LogP contribution in [0.15, 0.2) is 41.0 Å². The molecule has 0 aliphatic heterocycles. The van der Waals surface area contributed by atoms with Crippen LogP contribution in [-0.2, 0) is 0 Å². The first kappa shape index (κ1) is 15.6. The Bertz CT molecular complexity index is 649. The zero-order valence-corrected chi connectivity index (χ0v) is 14.0. The monoisotopic (exact) mass is 349 g/mol. The number of amides is 1. The van der Waals surface area contributed by atoms with Gasteiger partial charge in [0.1, 0.15) is 5.69 Å². The summed E-state index contributed by atoms with van der Waals surface area (Å²) in [6.07, 6.45) is 1.79.